The number of nitrogens with zero attached hydrogens (tertiary/aromatic N) is 1. The second-order valence-corrected chi connectivity index (χ2v) is 8.87. The van der Waals surface area contributed by atoms with Crippen LogP contribution in [0.4, 0.5) is 5.69 Å². The molecule has 0 N–H and O–H groups in total. The summed E-state index contributed by atoms with van der Waals surface area (Å²) >= 11 is 5.86. The van der Waals surface area contributed by atoms with Crippen LogP contribution in [0.5, 0.6) is 11.5 Å². The lowest BCUT2D eigenvalue weighted by atomic mass is 10.2. The van der Waals surface area contributed by atoms with Crippen molar-refractivity contribution in [2.24, 2.45) is 0 Å². The molecular weight excluding hydrogens is 438 g/mol. The van der Waals surface area contributed by atoms with Gasteiger partial charge in [0.2, 0.25) is 0 Å². The van der Waals surface area contributed by atoms with Gasteiger partial charge in [-0.05, 0) is 74.5 Å². The zero-order valence-corrected chi connectivity index (χ0v) is 18.7. The van der Waals surface area contributed by atoms with Crippen molar-refractivity contribution in [2.75, 3.05) is 17.5 Å². The smallest absolute Gasteiger partial charge is 0.278 e. The van der Waals surface area contributed by atoms with Gasteiger partial charge in [-0.2, -0.15) is 4.31 Å². The third-order valence-electron chi connectivity index (χ3n) is 4.34. The van der Waals surface area contributed by atoms with Crippen LogP contribution in [0.3, 0.4) is 0 Å². The van der Waals surface area contributed by atoms with Gasteiger partial charge in [0.25, 0.3) is 15.9 Å². The number of halogens is 1. The van der Waals surface area contributed by atoms with E-state index in [4.69, 9.17) is 21.1 Å². The lowest BCUT2D eigenvalue weighted by Gasteiger charge is -2.23. The number of aryl methyl sites for hydroxylation is 1. The number of sulfonamides is 1. The van der Waals surface area contributed by atoms with Crippen molar-refractivity contribution in [1.82, 2.24) is 0 Å². The minimum absolute atomic E-state index is 0.00632. The fourth-order valence-electron chi connectivity index (χ4n) is 2.81. The predicted molar refractivity (Wildman–Crippen MR) is 120 cm³/mol. The van der Waals surface area contributed by atoms with E-state index in [1.54, 1.807) is 48.5 Å². The lowest BCUT2D eigenvalue weighted by Crippen LogP contribution is -2.40. The Bertz CT molecular complexity index is 1130. The third kappa shape index (κ3) is 5.57. The Hall–Kier alpha value is -3.03. The Balaban J connectivity index is 1.93. The van der Waals surface area contributed by atoms with Crippen molar-refractivity contribution in [3.8, 4) is 11.5 Å². The highest BCUT2D eigenvalue weighted by atomic mass is 35.5. The molecule has 3 aromatic carbocycles. The van der Waals surface area contributed by atoms with Crippen molar-refractivity contribution in [1.29, 1.82) is 0 Å². The normalized spacial score (nSPS) is 11.1. The van der Waals surface area contributed by atoms with Gasteiger partial charge in [-0.15, -0.1) is 0 Å². The van der Waals surface area contributed by atoms with Crippen molar-refractivity contribution in [3.05, 3.63) is 83.4 Å². The predicted octanol–water partition coefficient (Wildman–Crippen LogP) is 4.85. The van der Waals surface area contributed by atoms with Crippen LogP contribution in [-0.2, 0) is 14.8 Å². The molecule has 31 heavy (non-hydrogen) atoms. The first-order chi connectivity index (χ1) is 14.8. The van der Waals surface area contributed by atoms with Crippen molar-refractivity contribution >= 4 is 33.2 Å². The van der Waals surface area contributed by atoms with E-state index in [1.165, 1.54) is 24.3 Å². The van der Waals surface area contributed by atoms with Gasteiger partial charge in [-0.3, -0.25) is 4.79 Å². The summed E-state index contributed by atoms with van der Waals surface area (Å²) in [4.78, 5) is 13.1. The highest BCUT2D eigenvalue weighted by molar-refractivity contribution is 7.93. The van der Waals surface area contributed by atoms with Crippen LogP contribution in [0.25, 0.3) is 0 Å². The monoisotopic (exact) mass is 459 g/mol. The van der Waals surface area contributed by atoms with Gasteiger partial charge < -0.3 is 9.47 Å². The Morgan fingerprint density at radius 3 is 2.00 bits per heavy atom. The molecule has 0 aromatic heterocycles. The highest BCUT2D eigenvalue weighted by Gasteiger charge is 2.31. The number of carbonyl (C=O) groups excluding carboxylic acids is 1. The molecule has 0 aliphatic heterocycles. The third-order valence-corrected chi connectivity index (χ3v) is 6.36. The maximum absolute atomic E-state index is 13.4. The van der Waals surface area contributed by atoms with Crippen molar-refractivity contribution in [2.45, 2.75) is 18.7 Å². The standard InChI is InChI=1S/C23H22ClNO5S/c1-3-29-20-12-8-19(9-13-20)25(31(27,28)22-14-4-17(2)5-15-22)23(26)16-30-21-10-6-18(24)7-11-21/h4-15H,3,16H2,1-2H3. The molecule has 0 radical (unpaired) electrons. The zero-order chi connectivity index (χ0) is 22.4. The van der Waals surface area contributed by atoms with E-state index in [0.717, 1.165) is 9.87 Å². The lowest BCUT2D eigenvalue weighted by molar-refractivity contribution is -0.119. The van der Waals surface area contributed by atoms with E-state index in [1.807, 2.05) is 13.8 Å². The van der Waals surface area contributed by atoms with E-state index in [-0.39, 0.29) is 10.6 Å². The molecule has 0 aliphatic rings. The van der Waals surface area contributed by atoms with Crippen LogP contribution >= 0.6 is 11.6 Å². The number of anilines is 1. The summed E-state index contributed by atoms with van der Waals surface area (Å²) in [6.45, 7) is 3.70. The molecule has 0 spiro atoms. The quantitative estimate of drug-likeness (QED) is 0.481. The number of ether oxygens (including phenoxy) is 2. The Labute approximate surface area is 187 Å². The molecule has 0 aliphatic carbocycles. The van der Waals surface area contributed by atoms with Gasteiger partial charge in [-0.25, -0.2) is 8.42 Å². The van der Waals surface area contributed by atoms with Gasteiger partial charge in [0.05, 0.1) is 17.2 Å². The molecule has 0 atom stereocenters. The molecular formula is C23H22ClNO5S. The summed E-state index contributed by atoms with van der Waals surface area (Å²) in [7, 11) is -4.16. The summed E-state index contributed by atoms with van der Waals surface area (Å²) in [6.07, 6.45) is 0. The van der Waals surface area contributed by atoms with E-state index < -0.39 is 22.5 Å². The van der Waals surface area contributed by atoms with E-state index >= 15 is 0 Å². The van der Waals surface area contributed by atoms with Crippen LogP contribution in [0, 0.1) is 6.92 Å². The summed E-state index contributed by atoms with van der Waals surface area (Å²) in [5, 5.41) is 0.525. The Kier molecular flexibility index (Phi) is 7.20. The van der Waals surface area contributed by atoms with Gasteiger partial charge in [0.15, 0.2) is 6.61 Å². The van der Waals surface area contributed by atoms with Gasteiger partial charge in [0.1, 0.15) is 11.5 Å². The second kappa shape index (κ2) is 9.85. The van der Waals surface area contributed by atoms with Crippen molar-refractivity contribution in [3.63, 3.8) is 0 Å². The molecule has 0 bridgehead atoms. The molecule has 162 valence electrons. The summed E-state index contributed by atoms with van der Waals surface area (Å²) in [6, 6.07) is 19.0. The van der Waals surface area contributed by atoms with E-state index in [2.05, 4.69) is 0 Å². The van der Waals surface area contributed by atoms with Gasteiger partial charge in [-0.1, -0.05) is 29.3 Å². The molecule has 3 aromatic rings. The fraction of sp³-hybridized carbons (Fsp3) is 0.174. The molecule has 1 amide bonds. The Morgan fingerprint density at radius 1 is 0.871 bits per heavy atom. The largest absolute Gasteiger partial charge is 0.494 e. The molecule has 3 rings (SSSR count). The van der Waals surface area contributed by atoms with Crippen LogP contribution in [0.15, 0.2) is 77.7 Å². The molecule has 8 heteroatoms. The van der Waals surface area contributed by atoms with E-state index in [0.29, 0.717) is 23.1 Å². The van der Waals surface area contributed by atoms with Gasteiger partial charge >= 0.3 is 0 Å². The van der Waals surface area contributed by atoms with E-state index in [9.17, 15) is 13.2 Å². The van der Waals surface area contributed by atoms with Gasteiger partial charge in [0, 0.05) is 5.02 Å². The summed E-state index contributed by atoms with van der Waals surface area (Å²) in [5.41, 5.74) is 1.10. The summed E-state index contributed by atoms with van der Waals surface area (Å²) in [5.74, 6) is 0.237. The number of hydrogen-bond acceptors (Lipinski definition) is 5. The van der Waals surface area contributed by atoms with Crippen LogP contribution in [-0.4, -0.2) is 27.5 Å². The number of amides is 1. The first-order valence-electron chi connectivity index (χ1n) is 9.57. The minimum Gasteiger partial charge on any atom is -0.494 e. The molecule has 0 fully saturated rings. The number of hydrogen-bond donors (Lipinski definition) is 0. The summed E-state index contributed by atoms with van der Waals surface area (Å²) < 4.78 is 38.4. The topological polar surface area (TPSA) is 72.9 Å². The number of rotatable bonds is 8. The first-order valence-corrected chi connectivity index (χ1v) is 11.4. The zero-order valence-electron chi connectivity index (χ0n) is 17.1. The van der Waals surface area contributed by atoms with Crippen LogP contribution in [0.1, 0.15) is 12.5 Å². The maximum Gasteiger partial charge on any atom is 0.278 e. The molecule has 6 nitrogen and oxygen atoms in total. The number of benzene rings is 3. The molecule has 0 saturated heterocycles. The maximum atomic E-state index is 13.4. The SMILES string of the molecule is CCOc1ccc(N(C(=O)COc2ccc(Cl)cc2)S(=O)(=O)c2ccc(C)cc2)cc1. The van der Waals surface area contributed by atoms with Crippen LogP contribution < -0.4 is 13.8 Å². The average Bonchev–Trinajstić information content (AvgIpc) is 2.75. The van der Waals surface area contributed by atoms with Crippen molar-refractivity contribution < 1.29 is 22.7 Å². The Morgan fingerprint density at radius 2 is 1.42 bits per heavy atom. The fourth-order valence-corrected chi connectivity index (χ4v) is 4.35. The molecule has 0 heterocycles. The average molecular weight is 460 g/mol. The number of carbonyl (C=O) groups is 1. The second-order valence-electron chi connectivity index (χ2n) is 6.65. The highest BCUT2D eigenvalue weighted by Crippen LogP contribution is 2.27. The molecule has 0 unspecified atom stereocenters. The minimum atomic E-state index is -4.16. The molecule has 0 saturated carbocycles. The van der Waals surface area contributed by atoms with Crippen LogP contribution in [0.2, 0.25) is 5.02 Å². The first kappa shape index (κ1) is 22.7.